The number of carbonyl (C=O) groups excluding carboxylic acids is 4. The topological polar surface area (TPSA) is 174 Å². The fraction of sp³-hybridized carbons (Fsp3) is 0.581. The summed E-state index contributed by atoms with van der Waals surface area (Å²) in [7, 11) is -0.556. The van der Waals surface area contributed by atoms with Gasteiger partial charge in [0.2, 0.25) is 11.8 Å². The van der Waals surface area contributed by atoms with Crippen LogP contribution in [-0.2, 0) is 28.4 Å². The van der Waals surface area contributed by atoms with Gasteiger partial charge in [-0.05, 0) is 150 Å². The lowest BCUT2D eigenvalue weighted by molar-refractivity contribution is -0.144. The number of hydrogen-bond acceptors (Lipinski definition) is 12. The summed E-state index contributed by atoms with van der Waals surface area (Å²) in [6.07, 6.45) is -7.81. The summed E-state index contributed by atoms with van der Waals surface area (Å²) in [5, 5.41) is 6.27. The number of halogens is 7. The third-order valence-electron chi connectivity index (χ3n) is 17.8. The minimum Gasteiger partial charge on any atom is -0.399 e. The molecule has 9 heterocycles. The number of urea groups is 2. The maximum atomic E-state index is 12.9. The van der Waals surface area contributed by atoms with Crippen LogP contribution < -0.4 is 35.7 Å². The Bertz CT molecular complexity index is 3150. The Morgan fingerprint density at radius 2 is 1.01 bits per heavy atom. The molecule has 0 spiro atoms. The molecule has 4 aromatic rings. The van der Waals surface area contributed by atoms with Crippen LogP contribution in [0, 0.1) is 37.5 Å². The fourth-order valence-electron chi connectivity index (χ4n) is 11.8. The van der Waals surface area contributed by atoms with E-state index in [-0.39, 0.29) is 36.7 Å². The van der Waals surface area contributed by atoms with Gasteiger partial charge in [-0.25, -0.2) is 19.6 Å². The van der Waals surface area contributed by atoms with Crippen LogP contribution in [0.5, 0.6) is 0 Å². The monoisotopic (exact) mass is 1250 g/mol. The summed E-state index contributed by atoms with van der Waals surface area (Å²) in [4.78, 5) is 70.5. The molecule has 0 unspecified atom stereocenters. The predicted molar refractivity (Wildman–Crippen MR) is 328 cm³/mol. The lowest BCUT2D eigenvalue weighted by Crippen LogP contribution is -2.41. The van der Waals surface area contributed by atoms with Gasteiger partial charge in [-0.2, -0.15) is 26.3 Å². The molecule has 6 amide bonds. The van der Waals surface area contributed by atoms with E-state index in [2.05, 4.69) is 25.4 Å². The van der Waals surface area contributed by atoms with Gasteiger partial charge in [0.1, 0.15) is 23.3 Å². The number of ether oxygens (including phenoxy) is 2. The molecule has 18 nitrogen and oxygen atoms in total. The number of hydrogen-bond donors (Lipinski definition) is 2. The standard InChI is InChI=1S/C28H34F3N5O3.C20H28BF3N2O3.C14H18ClN3O2/c1-18-3-4-22(32-27(38)35-7-6-20(17-35)16-28(29,30)31)15-23(18)21-13-24(34-9-11-39-12-10-34)33-25(14-21)36-8-5-19(2)26(36)37;1-13-6-7-15(10-16(13)21-28-18(2,3)19(4,5)29-21)25-17(27)26-9-8-14(12-26)11-20(22,23)24;1-10-2-3-18(14(10)19)13-9-11(15)8-12(16-13)17-4-6-20-7-5-17/h3-4,13-15,19-20H,5-12,16-17H2,1-2H3,(H,32,38);6-7,10,14H,8-9,11-12H2,1-5H3,(H,25,27);8-10H,2-7H2,1H3/t19-,20-;14-;10-/m000/s1. The second-order valence-electron chi connectivity index (χ2n) is 25.0. The highest BCUT2D eigenvalue weighted by molar-refractivity contribution is 6.62. The molecule has 7 aliphatic rings. The van der Waals surface area contributed by atoms with Gasteiger partial charge < -0.3 is 49.0 Å². The molecular weight excluding hydrogens is 1170 g/mol. The molecule has 2 N–H and O–H groups in total. The van der Waals surface area contributed by atoms with Crippen molar-refractivity contribution in [2.24, 2.45) is 23.7 Å². The number of rotatable bonds is 10. The van der Waals surface area contributed by atoms with E-state index in [1.165, 1.54) is 9.80 Å². The van der Waals surface area contributed by atoms with Crippen molar-refractivity contribution >= 4 is 82.7 Å². The van der Waals surface area contributed by atoms with Gasteiger partial charge in [0.05, 0.1) is 37.6 Å². The number of aryl methyl sites for hydroxylation is 2. The third kappa shape index (κ3) is 16.5. The summed E-state index contributed by atoms with van der Waals surface area (Å²) in [5.41, 5.74) is 4.66. The summed E-state index contributed by atoms with van der Waals surface area (Å²) in [6, 6.07) is 17.7. The van der Waals surface area contributed by atoms with Crippen LogP contribution in [-0.4, -0.2) is 166 Å². The molecule has 7 aliphatic heterocycles. The Balaban J connectivity index is 0.000000166. The van der Waals surface area contributed by atoms with Gasteiger partial charge in [0, 0.05) is 107 Å². The minimum atomic E-state index is -4.23. The first-order valence-electron chi connectivity index (χ1n) is 30.3. The van der Waals surface area contributed by atoms with Crippen LogP contribution in [0.25, 0.3) is 11.1 Å². The molecular formula is C62H80BClF6N10O8. The SMILES string of the molecule is C[C@H]1CCN(c2cc(Cl)cc(N3CCOCC3)n2)C1=O.Cc1ccc(NC(=O)N2CC[C@@H](CC(F)(F)F)C2)cc1-c1cc(N2CCOCC2)nc(N2CC[C@H](C)C2=O)c1.Cc1ccc(NC(=O)N2CC[C@@H](CC(F)(F)F)C2)cc1B1OC(C)(C)C(C)(C)O1. The summed E-state index contributed by atoms with van der Waals surface area (Å²) in [5.74, 6) is 1.94. The van der Waals surface area contributed by atoms with E-state index in [0.717, 1.165) is 71.8 Å². The Kier molecular flexibility index (Phi) is 20.5. The van der Waals surface area contributed by atoms with E-state index in [1.807, 2.05) is 91.8 Å². The number of nitrogens with one attached hydrogen (secondary N) is 2. The molecule has 7 saturated heterocycles. The Hall–Kier alpha value is -6.41. The number of anilines is 6. The molecule has 26 heteroatoms. The first-order valence-corrected chi connectivity index (χ1v) is 30.7. The number of aromatic nitrogens is 2. The van der Waals surface area contributed by atoms with Gasteiger partial charge in [-0.3, -0.25) is 19.4 Å². The van der Waals surface area contributed by atoms with Crippen LogP contribution in [0.1, 0.15) is 91.2 Å². The number of nitrogens with zero attached hydrogens (tertiary/aromatic N) is 8. The smallest absolute Gasteiger partial charge is 0.399 e. The number of morpholine rings is 2. The van der Waals surface area contributed by atoms with Gasteiger partial charge in [-0.15, -0.1) is 0 Å². The number of pyridine rings is 2. The summed E-state index contributed by atoms with van der Waals surface area (Å²) < 4.78 is 99.1. The zero-order valence-corrected chi connectivity index (χ0v) is 52.0. The first-order chi connectivity index (χ1) is 41.5. The van der Waals surface area contributed by atoms with Gasteiger partial charge in [0.25, 0.3) is 0 Å². The Labute approximate surface area is 516 Å². The highest BCUT2D eigenvalue weighted by Gasteiger charge is 2.52. The van der Waals surface area contributed by atoms with E-state index >= 15 is 0 Å². The molecule has 88 heavy (non-hydrogen) atoms. The van der Waals surface area contributed by atoms with Crippen molar-refractivity contribution < 1.29 is 64.3 Å². The molecule has 0 saturated carbocycles. The van der Waals surface area contributed by atoms with Crippen LogP contribution in [0.4, 0.5) is 70.6 Å². The van der Waals surface area contributed by atoms with Crippen LogP contribution >= 0.6 is 11.6 Å². The van der Waals surface area contributed by atoms with E-state index in [4.69, 9.17) is 35.4 Å². The van der Waals surface area contributed by atoms with Crippen molar-refractivity contribution in [2.45, 2.75) is 117 Å². The molecule has 0 aliphatic carbocycles. The zero-order valence-electron chi connectivity index (χ0n) is 51.3. The number of likely N-dealkylation sites (tertiary alicyclic amines) is 2. The average Bonchev–Trinajstić information content (AvgIpc) is 2.62. The lowest BCUT2D eigenvalue weighted by atomic mass is 9.76. The maximum absolute atomic E-state index is 12.9. The molecule has 0 radical (unpaired) electrons. The molecule has 0 bridgehead atoms. The fourth-order valence-corrected chi connectivity index (χ4v) is 12.0. The van der Waals surface area contributed by atoms with E-state index in [9.17, 15) is 45.5 Å². The largest absolute Gasteiger partial charge is 0.495 e. The third-order valence-corrected chi connectivity index (χ3v) is 18.0. The second-order valence-corrected chi connectivity index (χ2v) is 25.5. The molecule has 11 rings (SSSR count). The predicted octanol–water partition coefficient (Wildman–Crippen LogP) is 11.1. The molecule has 7 fully saturated rings. The molecule has 478 valence electrons. The average molecular weight is 1250 g/mol. The normalized spacial score (nSPS) is 22.9. The second kappa shape index (κ2) is 27.4. The molecule has 4 atom stereocenters. The zero-order chi connectivity index (χ0) is 63.5. The van der Waals surface area contributed by atoms with E-state index < -0.39 is 67.4 Å². The van der Waals surface area contributed by atoms with Gasteiger partial charge in [-0.1, -0.05) is 43.1 Å². The van der Waals surface area contributed by atoms with Crippen LogP contribution in [0.3, 0.4) is 0 Å². The Morgan fingerprint density at radius 3 is 1.47 bits per heavy atom. The highest BCUT2D eigenvalue weighted by atomic mass is 35.5. The van der Waals surface area contributed by atoms with Gasteiger partial charge in [0.15, 0.2) is 0 Å². The van der Waals surface area contributed by atoms with E-state index in [0.29, 0.717) is 100 Å². The number of carbonyl (C=O) groups is 4. The first kappa shape index (κ1) is 66.0. The van der Waals surface area contributed by atoms with Crippen molar-refractivity contribution in [3.05, 3.63) is 76.8 Å². The van der Waals surface area contributed by atoms with Crippen molar-refractivity contribution in [1.29, 1.82) is 0 Å². The number of benzene rings is 2. The van der Waals surface area contributed by atoms with Gasteiger partial charge >= 0.3 is 31.5 Å². The summed E-state index contributed by atoms with van der Waals surface area (Å²) >= 11 is 6.20. The van der Waals surface area contributed by atoms with Crippen molar-refractivity contribution in [1.82, 2.24) is 19.8 Å². The maximum Gasteiger partial charge on any atom is 0.495 e. The van der Waals surface area contributed by atoms with Crippen LogP contribution in [0.2, 0.25) is 5.02 Å². The van der Waals surface area contributed by atoms with Crippen molar-refractivity contribution in [2.75, 3.05) is 122 Å². The quantitative estimate of drug-likeness (QED) is 0.114. The Morgan fingerprint density at radius 1 is 0.591 bits per heavy atom. The minimum absolute atomic E-state index is 0.0520. The number of amides is 6. The highest BCUT2D eigenvalue weighted by Crippen LogP contribution is 2.39. The number of alkyl halides is 6. The van der Waals surface area contributed by atoms with Crippen molar-refractivity contribution in [3.63, 3.8) is 0 Å². The lowest BCUT2D eigenvalue weighted by Gasteiger charge is -2.32. The van der Waals surface area contributed by atoms with E-state index in [1.54, 1.807) is 34.1 Å². The molecule has 2 aromatic carbocycles. The summed E-state index contributed by atoms with van der Waals surface area (Å²) in [6.45, 7) is 23.4. The van der Waals surface area contributed by atoms with Crippen LogP contribution in [0.15, 0.2) is 60.7 Å². The van der Waals surface area contributed by atoms with Crippen molar-refractivity contribution in [3.8, 4) is 11.1 Å². The molecule has 2 aromatic heterocycles.